The van der Waals surface area contributed by atoms with Crippen molar-refractivity contribution in [3.8, 4) is 5.88 Å². The average Bonchev–Trinajstić information content (AvgIpc) is 2.48. The summed E-state index contributed by atoms with van der Waals surface area (Å²) in [6.07, 6.45) is 3.47. The number of halogens is 1. The summed E-state index contributed by atoms with van der Waals surface area (Å²) >= 11 is 7.61. The summed E-state index contributed by atoms with van der Waals surface area (Å²) in [4.78, 5) is 17.2. The van der Waals surface area contributed by atoms with E-state index in [1.807, 2.05) is 12.3 Å². The first-order valence-corrected chi connectivity index (χ1v) is 7.39. The van der Waals surface area contributed by atoms with E-state index in [1.165, 1.54) is 13.3 Å². The SMILES string of the molecule is COc1ccc(NC(=O)c2cc(SC)ccc2Cl)cn1. The number of aromatic nitrogens is 1. The fourth-order valence-electron chi connectivity index (χ4n) is 1.58. The maximum Gasteiger partial charge on any atom is 0.257 e. The van der Waals surface area contributed by atoms with Gasteiger partial charge in [0.05, 0.1) is 29.6 Å². The summed E-state index contributed by atoms with van der Waals surface area (Å²) in [6, 6.07) is 8.75. The third kappa shape index (κ3) is 3.43. The molecule has 2 rings (SSSR count). The van der Waals surface area contributed by atoms with Crippen molar-refractivity contribution in [2.45, 2.75) is 4.90 Å². The molecule has 0 radical (unpaired) electrons. The van der Waals surface area contributed by atoms with Gasteiger partial charge in [0.25, 0.3) is 5.91 Å². The van der Waals surface area contributed by atoms with Gasteiger partial charge in [-0.1, -0.05) is 11.6 Å². The van der Waals surface area contributed by atoms with Crippen LogP contribution in [0.15, 0.2) is 41.4 Å². The Morgan fingerprint density at radius 1 is 1.35 bits per heavy atom. The van der Waals surface area contributed by atoms with Crippen LogP contribution < -0.4 is 10.1 Å². The fourth-order valence-corrected chi connectivity index (χ4v) is 2.22. The van der Waals surface area contributed by atoms with Crippen molar-refractivity contribution < 1.29 is 9.53 Å². The Morgan fingerprint density at radius 2 is 2.15 bits per heavy atom. The quantitative estimate of drug-likeness (QED) is 0.875. The van der Waals surface area contributed by atoms with E-state index >= 15 is 0 Å². The Labute approximate surface area is 126 Å². The summed E-state index contributed by atoms with van der Waals surface area (Å²) in [6.45, 7) is 0. The highest BCUT2D eigenvalue weighted by atomic mass is 35.5. The summed E-state index contributed by atoms with van der Waals surface area (Å²) in [7, 11) is 1.54. The number of carbonyl (C=O) groups excluding carboxylic acids is 1. The second-order valence-electron chi connectivity index (χ2n) is 3.89. The molecule has 6 heteroatoms. The van der Waals surface area contributed by atoms with E-state index < -0.39 is 0 Å². The minimum Gasteiger partial charge on any atom is -0.481 e. The summed E-state index contributed by atoms with van der Waals surface area (Å²) < 4.78 is 4.96. The maximum absolute atomic E-state index is 12.2. The second-order valence-corrected chi connectivity index (χ2v) is 5.18. The summed E-state index contributed by atoms with van der Waals surface area (Å²) in [5, 5.41) is 3.17. The van der Waals surface area contributed by atoms with E-state index in [-0.39, 0.29) is 5.91 Å². The lowest BCUT2D eigenvalue weighted by molar-refractivity contribution is 0.102. The lowest BCUT2D eigenvalue weighted by Gasteiger charge is -2.08. The van der Waals surface area contributed by atoms with Crippen molar-refractivity contribution in [2.24, 2.45) is 0 Å². The van der Waals surface area contributed by atoms with Gasteiger partial charge in [-0.05, 0) is 30.5 Å². The molecule has 1 aromatic carbocycles. The molecule has 0 aliphatic carbocycles. The van der Waals surface area contributed by atoms with Gasteiger partial charge in [0.2, 0.25) is 5.88 Å². The zero-order chi connectivity index (χ0) is 14.5. The number of anilines is 1. The van der Waals surface area contributed by atoms with Crippen LogP contribution in [0.25, 0.3) is 0 Å². The van der Waals surface area contributed by atoms with Crippen molar-refractivity contribution in [3.63, 3.8) is 0 Å². The predicted octanol–water partition coefficient (Wildman–Crippen LogP) is 3.72. The van der Waals surface area contributed by atoms with E-state index in [4.69, 9.17) is 16.3 Å². The first-order chi connectivity index (χ1) is 9.63. The third-order valence-corrected chi connectivity index (χ3v) is 3.68. The molecule has 0 saturated carbocycles. The molecule has 104 valence electrons. The number of pyridine rings is 1. The molecule has 0 unspecified atom stereocenters. The van der Waals surface area contributed by atoms with Gasteiger partial charge in [-0.3, -0.25) is 4.79 Å². The molecule has 0 bridgehead atoms. The summed E-state index contributed by atoms with van der Waals surface area (Å²) in [5.41, 5.74) is 1.02. The minimum absolute atomic E-state index is 0.266. The van der Waals surface area contributed by atoms with Gasteiger partial charge in [0.1, 0.15) is 0 Å². The molecule has 0 fully saturated rings. The molecule has 1 N–H and O–H groups in total. The molecule has 1 heterocycles. The number of rotatable bonds is 4. The van der Waals surface area contributed by atoms with E-state index in [2.05, 4.69) is 10.3 Å². The lowest BCUT2D eigenvalue weighted by atomic mass is 10.2. The van der Waals surface area contributed by atoms with Gasteiger partial charge in [-0.2, -0.15) is 0 Å². The number of methoxy groups -OCH3 is 1. The zero-order valence-corrected chi connectivity index (χ0v) is 12.6. The number of carbonyl (C=O) groups is 1. The number of hydrogen-bond donors (Lipinski definition) is 1. The number of hydrogen-bond acceptors (Lipinski definition) is 4. The van der Waals surface area contributed by atoms with Crippen molar-refractivity contribution in [1.82, 2.24) is 4.98 Å². The van der Waals surface area contributed by atoms with Crippen LogP contribution in [0, 0.1) is 0 Å². The largest absolute Gasteiger partial charge is 0.481 e. The molecule has 0 aliphatic heterocycles. The van der Waals surface area contributed by atoms with Gasteiger partial charge in [0, 0.05) is 11.0 Å². The van der Waals surface area contributed by atoms with E-state index in [0.29, 0.717) is 22.2 Å². The molecule has 0 spiro atoms. The Hall–Kier alpha value is -1.72. The van der Waals surface area contributed by atoms with Gasteiger partial charge < -0.3 is 10.1 Å². The monoisotopic (exact) mass is 308 g/mol. The smallest absolute Gasteiger partial charge is 0.257 e. The van der Waals surface area contributed by atoms with Crippen molar-refractivity contribution >= 4 is 35.0 Å². The lowest BCUT2D eigenvalue weighted by Crippen LogP contribution is -2.12. The number of nitrogens with zero attached hydrogens (tertiary/aromatic N) is 1. The number of ether oxygens (including phenoxy) is 1. The molecule has 0 saturated heterocycles. The number of benzene rings is 1. The van der Waals surface area contributed by atoms with Crippen LogP contribution in [-0.4, -0.2) is 24.3 Å². The highest BCUT2D eigenvalue weighted by Gasteiger charge is 2.11. The molecule has 1 amide bonds. The summed E-state index contributed by atoms with van der Waals surface area (Å²) in [5.74, 6) is 0.225. The van der Waals surface area contributed by atoms with Crippen LogP contribution in [-0.2, 0) is 0 Å². The molecule has 2 aromatic rings. The molecular weight excluding hydrogens is 296 g/mol. The number of amides is 1. The Kier molecular flexibility index (Phi) is 4.87. The fraction of sp³-hybridized carbons (Fsp3) is 0.143. The van der Waals surface area contributed by atoms with Gasteiger partial charge in [0.15, 0.2) is 0 Å². The van der Waals surface area contributed by atoms with Crippen LogP contribution in [0.4, 0.5) is 5.69 Å². The zero-order valence-electron chi connectivity index (χ0n) is 11.0. The van der Waals surface area contributed by atoms with Crippen LogP contribution in [0.1, 0.15) is 10.4 Å². The minimum atomic E-state index is -0.266. The van der Waals surface area contributed by atoms with Crippen LogP contribution in [0.3, 0.4) is 0 Å². The molecule has 0 aliphatic rings. The Balaban J connectivity index is 2.18. The van der Waals surface area contributed by atoms with E-state index in [1.54, 1.807) is 36.0 Å². The molecule has 20 heavy (non-hydrogen) atoms. The first-order valence-electron chi connectivity index (χ1n) is 5.79. The predicted molar refractivity (Wildman–Crippen MR) is 82.0 cm³/mol. The standard InChI is InChI=1S/C14H13ClN2O2S/c1-19-13-6-3-9(8-16-13)17-14(18)11-7-10(20-2)4-5-12(11)15/h3-8H,1-2H3,(H,17,18). The van der Waals surface area contributed by atoms with Gasteiger partial charge in [-0.15, -0.1) is 11.8 Å². The highest BCUT2D eigenvalue weighted by molar-refractivity contribution is 7.98. The van der Waals surface area contributed by atoms with Gasteiger partial charge >= 0.3 is 0 Å². The molecule has 0 atom stereocenters. The Morgan fingerprint density at radius 3 is 2.75 bits per heavy atom. The topological polar surface area (TPSA) is 51.2 Å². The third-order valence-electron chi connectivity index (χ3n) is 2.62. The van der Waals surface area contributed by atoms with Crippen LogP contribution in [0.5, 0.6) is 5.88 Å². The molecule has 4 nitrogen and oxygen atoms in total. The molecular formula is C14H13ClN2O2S. The maximum atomic E-state index is 12.2. The normalized spacial score (nSPS) is 10.2. The van der Waals surface area contributed by atoms with E-state index in [9.17, 15) is 4.79 Å². The molecule has 1 aromatic heterocycles. The van der Waals surface area contributed by atoms with Crippen LogP contribution in [0.2, 0.25) is 5.02 Å². The number of nitrogens with one attached hydrogen (secondary N) is 1. The van der Waals surface area contributed by atoms with Crippen molar-refractivity contribution in [2.75, 3.05) is 18.7 Å². The highest BCUT2D eigenvalue weighted by Crippen LogP contribution is 2.24. The first kappa shape index (κ1) is 14.7. The van der Waals surface area contributed by atoms with E-state index in [0.717, 1.165) is 4.90 Å². The number of thioether (sulfide) groups is 1. The second kappa shape index (κ2) is 6.63. The van der Waals surface area contributed by atoms with Gasteiger partial charge in [-0.25, -0.2) is 4.98 Å². The van der Waals surface area contributed by atoms with Crippen molar-refractivity contribution in [1.29, 1.82) is 0 Å². The van der Waals surface area contributed by atoms with Crippen LogP contribution >= 0.6 is 23.4 Å². The van der Waals surface area contributed by atoms with Crippen molar-refractivity contribution in [3.05, 3.63) is 47.1 Å². The Bertz CT molecular complexity index is 617. The average molecular weight is 309 g/mol.